The van der Waals surface area contributed by atoms with Gasteiger partial charge in [0.15, 0.2) is 6.29 Å². The summed E-state index contributed by atoms with van der Waals surface area (Å²) in [4.78, 5) is 1.89. The van der Waals surface area contributed by atoms with Gasteiger partial charge in [0.25, 0.3) is 0 Å². The summed E-state index contributed by atoms with van der Waals surface area (Å²) in [5.41, 5.74) is -0.436. The Hall–Kier alpha value is -1.67. The van der Waals surface area contributed by atoms with Crippen LogP contribution in [-0.4, -0.2) is 48.3 Å². The molecule has 1 aliphatic heterocycles. The summed E-state index contributed by atoms with van der Waals surface area (Å²) >= 11 is 0. The second-order valence-electron chi connectivity index (χ2n) is 5.72. The van der Waals surface area contributed by atoms with E-state index in [1.165, 1.54) is 19.2 Å². The number of benzene rings is 1. The van der Waals surface area contributed by atoms with Crippen LogP contribution >= 0.6 is 0 Å². The van der Waals surface area contributed by atoms with E-state index in [2.05, 4.69) is 10.6 Å². The van der Waals surface area contributed by atoms with Gasteiger partial charge in [-0.2, -0.15) is 0 Å². The first-order chi connectivity index (χ1) is 11.8. The summed E-state index contributed by atoms with van der Waals surface area (Å²) < 4.78 is 14.6. The number of nitrogens with one attached hydrogen (secondary N) is 2. The van der Waals surface area contributed by atoms with Crippen molar-refractivity contribution >= 4 is 11.4 Å². The first kappa shape index (κ1) is 21.4. The summed E-state index contributed by atoms with van der Waals surface area (Å²) in [6, 6.07) is 2.88. The second kappa shape index (κ2) is 9.15. The van der Waals surface area contributed by atoms with Gasteiger partial charge in [0.1, 0.15) is 11.4 Å². The fourth-order valence-corrected chi connectivity index (χ4v) is 2.80. The lowest BCUT2D eigenvalue weighted by molar-refractivity contribution is -0.0452. The minimum atomic E-state index is -1.82. The highest BCUT2D eigenvalue weighted by Crippen LogP contribution is 2.41. The van der Waals surface area contributed by atoms with Gasteiger partial charge in [-0.05, 0) is 33.0 Å². The molecular weight excluding hydrogens is 325 g/mol. The summed E-state index contributed by atoms with van der Waals surface area (Å²) in [5, 5.41) is 35.3. The lowest BCUT2D eigenvalue weighted by Crippen LogP contribution is -2.36. The molecule has 0 bridgehead atoms. The second-order valence-corrected chi connectivity index (χ2v) is 5.72. The average Bonchev–Trinajstić information content (AvgIpc) is 2.58. The smallest absolute Gasteiger partial charge is 0.179 e. The molecule has 0 aliphatic carbocycles. The molecule has 0 aromatic heterocycles. The van der Waals surface area contributed by atoms with E-state index < -0.39 is 17.7 Å². The molecule has 142 valence electrons. The zero-order valence-electron chi connectivity index (χ0n) is 15.6. The number of rotatable bonds is 6. The molecule has 1 unspecified atom stereocenters. The Morgan fingerprint density at radius 1 is 1.32 bits per heavy atom. The van der Waals surface area contributed by atoms with E-state index >= 15 is 0 Å². The van der Waals surface area contributed by atoms with Crippen LogP contribution in [0, 0.1) is 5.82 Å². The van der Waals surface area contributed by atoms with Gasteiger partial charge < -0.3 is 30.9 Å². The number of hydrogen-bond donors (Lipinski definition) is 5. The van der Waals surface area contributed by atoms with Gasteiger partial charge in [-0.15, -0.1) is 0 Å². The van der Waals surface area contributed by atoms with Crippen molar-refractivity contribution < 1.29 is 19.7 Å². The van der Waals surface area contributed by atoms with Crippen molar-refractivity contribution in [3.05, 3.63) is 35.3 Å². The van der Waals surface area contributed by atoms with Crippen LogP contribution in [0.15, 0.2) is 23.9 Å². The Balaban J connectivity index is 0.00000151. The molecule has 6 nitrogen and oxygen atoms in total. The Labute approximate surface area is 149 Å². The van der Waals surface area contributed by atoms with Gasteiger partial charge in [-0.3, -0.25) is 0 Å². The third kappa shape index (κ3) is 4.49. The summed E-state index contributed by atoms with van der Waals surface area (Å²) in [7, 11) is 1.84. The topological polar surface area (TPSA) is 88.0 Å². The summed E-state index contributed by atoms with van der Waals surface area (Å²) in [5.74, 6) is -0.461. The highest BCUT2D eigenvalue weighted by Gasteiger charge is 2.37. The molecule has 5 N–H and O–H groups in total. The van der Waals surface area contributed by atoms with Crippen molar-refractivity contribution in [1.29, 1.82) is 0 Å². The number of likely N-dealkylation sites (N-methyl/N-ethyl adjacent to an activating group) is 2. The van der Waals surface area contributed by atoms with E-state index in [1.807, 2.05) is 32.7 Å². The van der Waals surface area contributed by atoms with Crippen LogP contribution in [0.25, 0.3) is 0 Å². The normalized spacial score (nSPS) is 18.7. The van der Waals surface area contributed by atoms with Gasteiger partial charge in [0.2, 0.25) is 0 Å². The lowest BCUT2D eigenvalue weighted by atomic mass is 9.84. The van der Waals surface area contributed by atoms with Gasteiger partial charge in [-0.25, -0.2) is 4.39 Å². The summed E-state index contributed by atoms with van der Waals surface area (Å²) in [6.45, 7) is 9.37. The SMILES string of the molecule is CC.CCN(CCNC)c1cc2c(cc1F)C(C)(O)C(C(O)O)=CN2. The van der Waals surface area contributed by atoms with E-state index in [-0.39, 0.29) is 11.1 Å². The molecule has 2 rings (SSSR count). The molecule has 0 saturated carbocycles. The number of nitrogens with zero attached hydrogens (tertiary/aromatic N) is 1. The van der Waals surface area contributed by atoms with Crippen LogP contribution in [0.2, 0.25) is 0 Å². The molecular formula is C18H30FN3O3. The molecule has 1 atom stereocenters. The highest BCUT2D eigenvalue weighted by atomic mass is 19.1. The monoisotopic (exact) mass is 355 g/mol. The highest BCUT2D eigenvalue weighted by molar-refractivity contribution is 5.69. The maximum absolute atomic E-state index is 14.6. The Morgan fingerprint density at radius 3 is 2.48 bits per heavy atom. The van der Waals surface area contributed by atoms with Gasteiger partial charge in [0.05, 0.1) is 5.69 Å². The fourth-order valence-electron chi connectivity index (χ4n) is 2.80. The number of hydrogen-bond acceptors (Lipinski definition) is 6. The molecule has 1 aromatic carbocycles. The molecule has 0 spiro atoms. The molecule has 0 radical (unpaired) electrons. The number of aliphatic hydroxyl groups excluding tert-OH is 1. The molecule has 1 aromatic rings. The quantitative estimate of drug-likeness (QED) is 0.500. The zero-order valence-corrected chi connectivity index (χ0v) is 15.6. The van der Waals surface area contributed by atoms with E-state index in [0.717, 1.165) is 6.54 Å². The average molecular weight is 355 g/mol. The van der Waals surface area contributed by atoms with Crippen LogP contribution in [0.4, 0.5) is 15.8 Å². The predicted molar refractivity (Wildman–Crippen MR) is 99.1 cm³/mol. The minimum Gasteiger partial charge on any atom is -0.381 e. The van der Waals surface area contributed by atoms with Gasteiger partial charge >= 0.3 is 0 Å². The Bertz CT molecular complexity index is 603. The van der Waals surface area contributed by atoms with Crippen molar-refractivity contribution in [2.75, 3.05) is 36.9 Å². The Morgan fingerprint density at radius 2 is 1.96 bits per heavy atom. The van der Waals surface area contributed by atoms with Crippen molar-refractivity contribution in [3.8, 4) is 0 Å². The fraction of sp³-hybridized carbons (Fsp3) is 0.556. The van der Waals surface area contributed by atoms with Crippen LogP contribution in [0.3, 0.4) is 0 Å². The van der Waals surface area contributed by atoms with Crippen molar-refractivity contribution in [1.82, 2.24) is 5.32 Å². The van der Waals surface area contributed by atoms with Crippen LogP contribution < -0.4 is 15.5 Å². The first-order valence-corrected chi connectivity index (χ1v) is 8.62. The van der Waals surface area contributed by atoms with Gasteiger partial charge in [0, 0.05) is 42.7 Å². The number of halogens is 1. The predicted octanol–water partition coefficient (Wildman–Crippen LogP) is 1.73. The maximum Gasteiger partial charge on any atom is 0.179 e. The first-order valence-electron chi connectivity index (χ1n) is 8.62. The molecule has 0 fully saturated rings. The van der Waals surface area contributed by atoms with E-state index in [1.54, 1.807) is 6.07 Å². The zero-order chi connectivity index (χ0) is 19.2. The van der Waals surface area contributed by atoms with Crippen LogP contribution in [0.1, 0.15) is 33.3 Å². The van der Waals surface area contributed by atoms with Crippen molar-refractivity contribution in [2.45, 2.75) is 39.6 Å². The molecule has 7 heteroatoms. The van der Waals surface area contributed by atoms with Crippen molar-refractivity contribution in [3.63, 3.8) is 0 Å². The maximum atomic E-state index is 14.6. The molecule has 25 heavy (non-hydrogen) atoms. The number of anilines is 2. The number of aliphatic hydroxyl groups is 3. The summed E-state index contributed by atoms with van der Waals surface area (Å²) in [6.07, 6.45) is -0.477. The standard InChI is InChI=1S/C16H24FN3O3.C2H6/c1-4-20(6-5-18-3)14-8-13-10(7-12(14)17)16(2,23)11(9-19-13)15(21)22;1-2/h7-9,15,18-19,21-23H,4-6H2,1-3H3;1-2H3. The third-order valence-corrected chi connectivity index (χ3v) is 4.19. The molecule has 0 saturated heterocycles. The largest absolute Gasteiger partial charge is 0.381 e. The van der Waals surface area contributed by atoms with Crippen LogP contribution in [-0.2, 0) is 5.60 Å². The van der Waals surface area contributed by atoms with Crippen molar-refractivity contribution in [2.24, 2.45) is 0 Å². The third-order valence-electron chi connectivity index (χ3n) is 4.19. The number of fused-ring (bicyclic) bond motifs is 1. The molecule has 1 aliphatic rings. The lowest BCUT2D eigenvalue weighted by Gasteiger charge is -2.35. The Kier molecular flexibility index (Phi) is 7.82. The van der Waals surface area contributed by atoms with E-state index in [4.69, 9.17) is 0 Å². The van der Waals surface area contributed by atoms with E-state index in [0.29, 0.717) is 24.5 Å². The molecule has 0 amide bonds. The molecule has 1 heterocycles. The van der Waals surface area contributed by atoms with E-state index in [9.17, 15) is 19.7 Å². The minimum absolute atomic E-state index is 0.0281. The van der Waals surface area contributed by atoms with Gasteiger partial charge in [-0.1, -0.05) is 13.8 Å². The van der Waals surface area contributed by atoms with Crippen LogP contribution in [0.5, 0.6) is 0 Å².